The Morgan fingerprint density at radius 1 is 1.03 bits per heavy atom. The Hall–Kier alpha value is -3.04. The summed E-state index contributed by atoms with van der Waals surface area (Å²) in [6.07, 6.45) is 0.935. The summed E-state index contributed by atoms with van der Waals surface area (Å²) in [6, 6.07) is 14.6. The molecule has 1 N–H and O–H groups in total. The molecule has 0 spiro atoms. The highest BCUT2D eigenvalue weighted by Gasteiger charge is 2.32. The lowest BCUT2D eigenvalue weighted by molar-refractivity contribution is -0.126. The van der Waals surface area contributed by atoms with Crippen molar-refractivity contribution in [3.8, 4) is 11.4 Å². The molecule has 1 aromatic heterocycles. The van der Waals surface area contributed by atoms with Gasteiger partial charge < -0.3 is 9.84 Å². The lowest BCUT2D eigenvalue weighted by Crippen LogP contribution is -2.42. The van der Waals surface area contributed by atoms with E-state index < -0.39 is 10.0 Å². The Bertz CT molecular complexity index is 1180. The van der Waals surface area contributed by atoms with Gasteiger partial charge in [-0.3, -0.25) is 4.79 Å². The zero-order valence-corrected chi connectivity index (χ0v) is 18.9. The number of aromatic nitrogens is 2. The topological polar surface area (TPSA) is 105 Å². The Morgan fingerprint density at radius 3 is 2.25 bits per heavy atom. The van der Waals surface area contributed by atoms with Gasteiger partial charge >= 0.3 is 0 Å². The molecule has 1 aliphatic heterocycles. The van der Waals surface area contributed by atoms with Crippen molar-refractivity contribution in [1.82, 2.24) is 19.8 Å². The van der Waals surface area contributed by atoms with Gasteiger partial charge in [0, 0.05) is 24.6 Å². The highest BCUT2D eigenvalue weighted by atomic mass is 32.2. The number of benzene rings is 2. The highest BCUT2D eigenvalue weighted by molar-refractivity contribution is 7.89. The maximum atomic E-state index is 12.8. The summed E-state index contributed by atoms with van der Waals surface area (Å²) in [6.45, 7) is 4.68. The van der Waals surface area contributed by atoms with Crippen LogP contribution in [0.1, 0.15) is 29.9 Å². The molecule has 1 amide bonds. The summed E-state index contributed by atoms with van der Waals surface area (Å²) in [4.78, 5) is 17.2. The third-order valence-corrected chi connectivity index (χ3v) is 7.59. The third kappa shape index (κ3) is 4.89. The molecule has 168 valence electrons. The maximum Gasteiger partial charge on any atom is 0.246 e. The number of nitrogens with one attached hydrogen (secondary N) is 1. The van der Waals surface area contributed by atoms with Crippen molar-refractivity contribution in [3.05, 3.63) is 65.5 Å². The normalized spacial score (nSPS) is 15.6. The minimum Gasteiger partial charge on any atom is -0.347 e. The van der Waals surface area contributed by atoms with Crippen LogP contribution in [-0.2, 0) is 21.4 Å². The molecule has 1 aliphatic rings. The Morgan fingerprint density at radius 2 is 1.62 bits per heavy atom. The summed E-state index contributed by atoms with van der Waals surface area (Å²) in [5.74, 6) is 0.420. The van der Waals surface area contributed by atoms with Crippen LogP contribution in [0, 0.1) is 19.8 Å². The van der Waals surface area contributed by atoms with E-state index in [2.05, 4.69) is 15.5 Å². The number of piperidine rings is 1. The number of carbonyl (C=O) groups is 1. The number of hydrogen-bond donors (Lipinski definition) is 1. The van der Waals surface area contributed by atoms with Gasteiger partial charge in [-0.1, -0.05) is 52.7 Å². The Balaban J connectivity index is 1.29. The largest absolute Gasteiger partial charge is 0.347 e. The van der Waals surface area contributed by atoms with Crippen LogP contribution in [0.3, 0.4) is 0 Å². The van der Waals surface area contributed by atoms with Gasteiger partial charge in [0.2, 0.25) is 27.6 Å². The summed E-state index contributed by atoms with van der Waals surface area (Å²) in [5.41, 5.74) is 2.99. The quantitative estimate of drug-likeness (QED) is 0.614. The number of hydrogen-bond acceptors (Lipinski definition) is 6. The van der Waals surface area contributed by atoms with Crippen LogP contribution in [0.2, 0.25) is 0 Å². The third-order valence-electron chi connectivity index (χ3n) is 5.68. The lowest BCUT2D eigenvalue weighted by atomic mass is 9.97. The van der Waals surface area contributed by atoms with Crippen molar-refractivity contribution in [2.24, 2.45) is 5.92 Å². The lowest BCUT2D eigenvalue weighted by Gasteiger charge is -2.30. The van der Waals surface area contributed by atoms with E-state index in [0.29, 0.717) is 37.6 Å². The molecule has 3 aromatic rings. The van der Waals surface area contributed by atoms with Crippen molar-refractivity contribution < 1.29 is 17.7 Å². The molecular formula is C23H26N4O4S. The molecular weight excluding hydrogens is 428 g/mol. The molecule has 0 aliphatic carbocycles. The van der Waals surface area contributed by atoms with E-state index in [-0.39, 0.29) is 23.3 Å². The zero-order valence-electron chi connectivity index (χ0n) is 18.1. The van der Waals surface area contributed by atoms with Crippen LogP contribution >= 0.6 is 0 Å². The van der Waals surface area contributed by atoms with Crippen LogP contribution in [0.5, 0.6) is 0 Å². The number of carbonyl (C=O) groups excluding carboxylic acids is 1. The smallest absolute Gasteiger partial charge is 0.246 e. The fourth-order valence-corrected chi connectivity index (χ4v) is 5.14. The minimum absolute atomic E-state index is 0.132. The van der Waals surface area contributed by atoms with E-state index in [1.165, 1.54) is 4.31 Å². The predicted molar refractivity (Wildman–Crippen MR) is 119 cm³/mol. The van der Waals surface area contributed by atoms with Gasteiger partial charge in [-0.15, -0.1) is 0 Å². The summed E-state index contributed by atoms with van der Waals surface area (Å²) >= 11 is 0. The molecule has 1 fully saturated rings. The van der Waals surface area contributed by atoms with Gasteiger partial charge in [-0.25, -0.2) is 8.42 Å². The van der Waals surface area contributed by atoms with Crippen molar-refractivity contribution in [2.75, 3.05) is 13.1 Å². The Kier molecular flexibility index (Phi) is 6.38. The first-order valence-corrected chi connectivity index (χ1v) is 12.0. The first kappa shape index (κ1) is 22.2. The van der Waals surface area contributed by atoms with Crippen LogP contribution in [0.25, 0.3) is 11.4 Å². The molecule has 9 heteroatoms. The number of aryl methyl sites for hydroxylation is 2. The van der Waals surface area contributed by atoms with Crippen molar-refractivity contribution >= 4 is 15.9 Å². The second-order valence-corrected chi connectivity index (χ2v) is 10.0. The molecule has 1 saturated heterocycles. The number of amides is 1. The van der Waals surface area contributed by atoms with E-state index in [9.17, 15) is 13.2 Å². The van der Waals surface area contributed by atoms with Crippen molar-refractivity contribution in [3.63, 3.8) is 0 Å². The van der Waals surface area contributed by atoms with E-state index >= 15 is 0 Å². The first-order chi connectivity index (χ1) is 15.3. The average molecular weight is 455 g/mol. The summed E-state index contributed by atoms with van der Waals surface area (Å²) in [5, 5.41) is 6.80. The first-order valence-electron chi connectivity index (χ1n) is 10.6. The summed E-state index contributed by atoms with van der Waals surface area (Å²) < 4.78 is 32.3. The maximum absolute atomic E-state index is 12.8. The molecule has 0 radical (unpaired) electrons. The van der Waals surface area contributed by atoms with Crippen LogP contribution < -0.4 is 5.32 Å². The van der Waals surface area contributed by atoms with E-state index in [1.807, 2.05) is 38.1 Å². The van der Waals surface area contributed by atoms with Crippen LogP contribution in [-0.4, -0.2) is 41.9 Å². The molecule has 32 heavy (non-hydrogen) atoms. The van der Waals surface area contributed by atoms with Gasteiger partial charge in [0.15, 0.2) is 0 Å². The molecule has 0 bridgehead atoms. The standard InChI is InChI=1S/C23H26N4O4S/c1-16-3-7-18(8-4-16)22-25-21(31-26-22)15-24-23(28)19-11-13-27(14-12-19)32(29,30)20-9-5-17(2)6-10-20/h3-10,19H,11-15H2,1-2H3,(H,24,28). The van der Waals surface area contributed by atoms with E-state index in [1.54, 1.807) is 24.3 Å². The molecule has 2 aromatic carbocycles. The predicted octanol–water partition coefficient (Wildman–Crippen LogP) is 3.07. The second kappa shape index (κ2) is 9.22. The second-order valence-electron chi connectivity index (χ2n) is 8.09. The van der Waals surface area contributed by atoms with Crippen LogP contribution in [0.4, 0.5) is 0 Å². The fourth-order valence-electron chi connectivity index (χ4n) is 3.67. The molecule has 0 atom stereocenters. The molecule has 0 saturated carbocycles. The van der Waals surface area contributed by atoms with Crippen LogP contribution in [0.15, 0.2) is 57.9 Å². The molecule has 2 heterocycles. The minimum atomic E-state index is -3.54. The van der Waals surface area contributed by atoms with Gasteiger partial charge in [0.25, 0.3) is 0 Å². The average Bonchev–Trinajstić information content (AvgIpc) is 3.27. The van der Waals surface area contributed by atoms with Crippen molar-refractivity contribution in [2.45, 2.75) is 38.1 Å². The van der Waals surface area contributed by atoms with E-state index in [0.717, 1.165) is 16.7 Å². The monoisotopic (exact) mass is 454 g/mol. The zero-order chi connectivity index (χ0) is 22.7. The highest BCUT2D eigenvalue weighted by Crippen LogP contribution is 2.24. The molecule has 4 rings (SSSR count). The fraction of sp³-hybridized carbons (Fsp3) is 0.348. The molecule has 8 nitrogen and oxygen atoms in total. The van der Waals surface area contributed by atoms with Gasteiger partial charge in [-0.2, -0.15) is 9.29 Å². The Labute approximate surface area is 187 Å². The van der Waals surface area contributed by atoms with Gasteiger partial charge in [0.1, 0.15) is 0 Å². The van der Waals surface area contributed by atoms with Gasteiger partial charge in [-0.05, 0) is 38.8 Å². The van der Waals surface area contributed by atoms with Crippen molar-refractivity contribution in [1.29, 1.82) is 0 Å². The van der Waals surface area contributed by atoms with E-state index in [4.69, 9.17) is 4.52 Å². The number of rotatable bonds is 6. The number of sulfonamides is 1. The van der Waals surface area contributed by atoms with Gasteiger partial charge in [0.05, 0.1) is 11.4 Å². The number of nitrogens with zero attached hydrogens (tertiary/aromatic N) is 3. The molecule has 0 unspecified atom stereocenters. The summed E-state index contributed by atoms with van der Waals surface area (Å²) in [7, 11) is -3.54. The SMILES string of the molecule is Cc1ccc(-c2noc(CNC(=O)C3CCN(S(=O)(=O)c4ccc(C)cc4)CC3)n2)cc1.